The van der Waals surface area contributed by atoms with Crippen molar-refractivity contribution in [3.63, 3.8) is 0 Å². The summed E-state index contributed by atoms with van der Waals surface area (Å²) < 4.78 is 1.14. The molecule has 1 heterocycles. The molecule has 1 aromatic heterocycles. The predicted octanol–water partition coefficient (Wildman–Crippen LogP) is 3.73. The van der Waals surface area contributed by atoms with Gasteiger partial charge in [0.15, 0.2) is 0 Å². The Balaban J connectivity index is 1.67. The first kappa shape index (κ1) is 14.5. The fraction of sp³-hybridized carbons (Fsp3) is 0.353. The van der Waals surface area contributed by atoms with Crippen LogP contribution in [0.5, 0.6) is 0 Å². The molecule has 4 heteroatoms. The number of nitrogens with zero attached hydrogens (tertiary/aromatic N) is 2. The minimum atomic E-state index is 0.736. The van der Waals surface area contributed by atoms with Gasteiger partial charge in [0.2, 0.25) is 0 Å². The van der Waals surface area contributed by atoms with Crippen molar-refractivity contribution in [2.45, 2.75) is 32.0 Å². The molecule has 21 heavy (non-hydrogen) atoms. The highest BCUT2D eigenvalue weighted by atomic mass is 79.9. The van der Waals surface area contributed by atoms with Gasteiger partial charge in [-0.05, 0) is 42.2 Å². The Morgan fingerprint density at radius 1 is 1.29 bits per heavy atom. The molecule has 1 fully saturated rings. The second kappa shape index (κ2) is 6.58. The van der Waals surface area contributed by atoms with Gasteiger partial charge in [-0.3, -0.25) is 0 Å². The Bertz CT molecular complexity index is 610. The topological polar surface area (TPSA) is 28.2 Å². The molecule has 0 spiro atoms. The van der Waals surface area contributed by atoms with E-state index < -0.39 is 0 Å². The van der Waals surface area contributed by atoms with Crippen LogP contribution in [-0.4, -0.2) is 18.1 Å². The van der Waals surface area contributed by atoms with E-state index in [1.807, 2.05) is 12.3 Å². The lowest BCUT2D eigenvalue weighted by Crippen LogP contribution is -2.19. The highest BCUT2D eigenvalue weighted by molar-refractivity contribution is 9.10. The normalized spacial score (nSPS) is 14.2. The molecule has 1 saturated carbocycles. The highest BCUT2D eigenvalue weighted by Gasteiger charge is 2.20. The van der Waals surface area contributed by atoms with Crippen LogP contribution in [0.15, 0.2) is 47.1 Å². The minimum Gasteiger partial charge on any atom is -0.355 e. The minimum absolute atomic E-state index is 0.736. The monoisotopic (exact) mass is 345 g/mol. The summed E-state index contributed by atoms with van der Waals surface area (Å²) in [6.07, 6.45) is 4.54. The zero-order valence-corrected chi connectivity index (χ0v) is 13.8. The van der Waals surface area contributed by atoms with Gasteiger partial charge in [0.25, 0.3) is 0 Å². The number of pyridine rings is 1. The Morgan fingerprint density at radius 3 is 2.86 bits per heavy atom. The summed E-state index contributed by atoms with van der Waals surface area (Å²) in [6, 6.07) is 13.3. The van der Waals surface area contributed by atoms with E-state index in [0.717, 1.165) is 29.4 Å². The Kier molecular flexibility index (Phi) is 4.56. The van der Waals surface area contributed by atoms with Crippen LogP contribution < -0.4 is 10.2 Å². The molecule has 1 aromatic carbocycles. The van der Waals surface area contributed by atoms with E-state index in [9.17, 15) is 0 Å². The van der Waals surface area contributed by atoms with Crippen molar-refractivity contribution < 1.29 is 0 Å². The first-order valence-electron chi connectivity index (χ1n) is 7.35. The fourth-order valence-electron chi connectivity index (χ4n) is 2.29. The number of hydrogen-bond acceptors (Lipinski definition) is 3. The molecule has 2 aromatic rings. The van der Waals surface area contributed by atoms with E-state index in [2.05, 4.69) is 68.5 Å². The lowest BCUT2D eigenvalue weighted by atomic mass is 10.2. The van der Waals surface area contributed by atoms with Crippen LogP contribution in [0.1, 0.15) is 24.0 Å². The molecule has 0 amide bonds. The zero-order chi connectivity index (χ0) is 14.7. The van der Waals surface area contributed by atoms with Crippen molar-refractivity contribution in [3.05, 3.63) is 58.2 Å². The van der Waals surface area contributed by atoms with Crippen LogP contribution in [-0.2, 0) is 13.1 Å². The van der Waals surface area contributed by atoms with E-state index in [0.29, 0.717) is 0 Å². The number of halogens is 1. The van der Waals surface area contributed by atoms with Gasteiger partial charge in [-0.2, -0.15) is 0 Å². The third-order valence-electron chi connectivity index (χ3n) is 3.74. The molecule has 0 bridgehead atoms. The van der Waals surface area contributed by atoms with Gasteiger partial charge in [-0.25, -0.2) is 4.98 Å². The van der Waals surface area contributed by atoms with Crippen molar-refractivity contribution in [2.24, 2.45) is 0 Å². The van der Waals surface area contributed by atoms with Gasteiger partial charge in [0, 0.05) is 36.8 Å². The summed E-state index contributed by atoms with van der Waals surface area (Å²) in [5, 5.41) is 3.54. The van der Waals surface area contributed by atoms with E-state index in [1.165, 1.54) is 24.0 Å². The van der Waals surface area contributed by atoms with E-state index in [1.54, 1.807) is 0 Å². The highest BCUT2D eigenvalue weighted by Crippen LogP contribution is 2.22. The molecule has 0 saturated heterocycles. The summed E-state index contributed by atoms with van der Waals surface area (Å²) in [6.45, 7) is 1.77. The average molecular weight is 346 g/mol. The van der Waals surface area contributed by atoms with Gasteiger partial charge in [-0.15, -0.1) is 0 Å². The molecule has 3 rings (SSSR count). The number of hydrogen-bond donors (Lipinski definition) is 1. The molecule has 0 radical (unpaired) electrons. The van der Waals surface area contributed by atoms with Crippen molar-refractivity contribution in [1.82, 2.24) is 10.3 Å². The van der Waals surface area contributed by atoms with Crippen LogP contribution >= 0.6 is 15.9 Å². The quantitative estimate of drug-likeness (QED) is 0.864. The maximum atomic E-state index is 4.49. The van der Waals surface area contributed by atoms with Crippen LogP contribution in [0, 0.1) is 0 Å². The molecular formula is C17H20BrN3. The van der Waals surface area contributed by atoms with Crippen molar-refractivity contribution in [1.29, 1.82) is 0 Å². The zero-order valence-electron chi connectivity index (χ0n) is 12.2. The van der Waals surface area contributed by atoms with E-state index >= 15 is 0 Å². The van der Waals surface area contributed by atoms with E-state index in [4.69, 9.17) is 0 Å². The summed E-state index contributed by atoms with van der Waals surface area (Å²) in [7, 11) is 2.08. The molecule has 0 atom stereocenters. The third-order valence-corrected chi connectivity index (χ3v) is 4.51. The molecule has 1 N–H and O–H groups in total. The summed E-state index contributed by atoms with van der Waals surface area (Å²) >= 11 is 3.60. The SMILES string of the molecule is CN(Cc1ccccc1Br)c1cc(CNC2CC2)ccn1. The summed E-state index contributed by atoms with van der Waals surface area (Å²) in [5.41, 5.74) is 2.56. The third kappa shape index (κ3) is 4.05. The fourth-order valence-corrected chi connectivity index (χ4v) is 2.70. The number of aromatic nitrogens is 1. The second-order valence-corrected chi connectivity index (χ2v) is 6.48. The van der Waals surface area contributed by atoms with Gasteiger partial charge in [-0.1, -0.05) is 34.1 Å². The Morgan fingerprint density at radius 2 is 2.10 bits per heavy atom. The van der Waals surface area contributed by atoms with Crippen LogP contribution in [0.4, 0.5) is 5.82 Å². The van der Waals surface area contributed by atoms with Crippen molar-refractivity contribution in [2.75, 3.05) is 11.9 Å². The Hall–Kier alpha value is -1.39. The lowest BCUT2D eigenvalue weighted by molar-refractivity contribution is 0.686. The van der Waals surface area contributed by atoms with Crippen LogP contribution in [0.25, 0.3) is 0 Å². The number of rotatable bonds is 6. The molecule has 1 aliphatic carbocycles. The first-order valence-corrected chi connectivity index (χ1v) is 8.14. The van der Waals surface area contributed by atoms with Gasteiger partial charge in [0.05, 0.1) is 0 Å². The standard InChI is InChI=1S/C17H20BrN3/c1-21(12-14-4-2-3-5-16(14)18)17-10-13(8-9-19-17)11-20-15-6-7-15/h2-5,8-10,15,20H,6-7,11-12H2,1H3. The number of benzene rings is 1. The van der Waals surface area contributed by atoms with Crippen LogP contribution in [0.2, 0.25) is 0 Å². The molecular weight excluding hydrogens is 326 g/mol. The van der Waals surface area contributed by atoms with Crippen LogP contribution in [0.3, 0.4) is 0 Å². The van der Waals surface area contributed by atoms with Crippen molar-refractivity contribution in [3.8, 4) is 0 Å². The molecule has 0 aliphatic heterocycles. The van der Waals surface area contributed by atoms with Crippen molar-refractivity contribution >= 4 is 21.7 Å². The Labute approximate surface area is 134 Å². The molecule has 110 valence electrons. The number of anilines is 1. The smallest absolute Gasteiger partial charge is 0.128 e. The predicted molar refractivity (Wildman–Crippen MR) is 90.3 cm³/mol. The maximum Gasteiger partial charge on any atom is 0.128 e. The van der Waals surface area contributed by atoms with Gasteiger partial charge < -0.3 is 10.2 Å². The van der Waals surface area contributed by atoms with Gasteiger partial charge in [0.1, 0.15) is 5.82 Å². The van der Waals surface area contributed by atoms with Gasteiger partial charge >= 0.3 is 0 Å². The first-order chi connectivity index (χ1) is 10.2. The summed E-state index contributed by atoms with van der Waals surface area (Å²) in [5.74, 6) is 1.01. The second-order valence-electron chi connectivity index (χ2n) is 5.62. The average Bonchev–Trinajstić information content (AvgIpc) is 3.32. The molecule has 1 aliphatic rings. The molecule has 3 nitrogen and oxygen atoms in total. The largest absolute Gasteiger partial charge is 0.355 e. The maximum absolute atomic E-state index is 4.49. The molecule has 0 unspecified atom stereocenters. The number of nitrogens with one attached hydrogen (secondary N) is 1. The van der Waals surface area contributed by atoms with E-state index in [-0.39, 0.29) is 0 Å². The lowest BCUT2D eigenvalue weighted by Gasteiger charge is -2.19. The summed E-state index contributed by atoms with van der Waals surface area (Å²) in [4.78, 5) is 6.67.